The molecule has 8 heteroatoms. The van der Waals surface area contributed by atoms with Crippen molar-refractivity contribution < 1.29 is 18.5 Å². The van der Waals surface area contributed by atoms with Gasteiger partial charge in [0.05, 0.1) is 30.0 Å². The number of ether oxygens (including phenoxy) is 1. The van der Waals surface area contributed by atoms with Gasteiger partial charge in [0.15, 0.2) is 0 Å². The molecule has 1 saturated heterocycles. The molecule has 4 aliphatic carbocycles. The van der Waals surface area contributed by atoms with Crippen LogP contribution in [0.5, 0.6) is 0 Å². The Bertz CT molecular complexity index is 1500. The second-order valence-electron chi connectivity index (χ2n) is 17.4. The molecule has 6 nitrogen and oxygen atoms in total. The summed E-state index contributed by atoms with van der Waals surface area (Å²) >= 11 is 0. The van der Waals surface area contributed by atoms with E-state index in [9.17, 15) is 0 Å². The van der Waals surface area contributed by atoms with Gasteiger partial charge in [0.25, 0.3) is 8.32 Å². The topological polar surface area (TPSA) is 54.7 Å². The van der Waals surface area contributed by atoms with Gasteiger partial charge in [0, 0.05) is 23.9 Å². The Balaban J connectivity index is 1.07. The maximum absolute atomic E-state index is 7.22. The highest BCUT2D eigenvalue weighted by atomic mass is 28.4. The maximum Gasteiger partial charge on any atom is 0.498 e. The fourth-order valence-corrected chi connectivity index (χ4v) is 14.6. The molecule has 2 unspecified atom stereocenters. The zero-order valence-corrected chi connectivity index (χ0v) is 31.0. The van der Waals surface area contributed by atoms with Crippen molar-refractivity contribution in [3.63, 3.8) is 0 Å². The predicted molar refractivity (Wildman–Crippen MR) is 192 cm³/mol. The van der Waals surface area contributed by atoms with Crippen molar-refractivity contribution in [3.05, 3.63) is 72.6 Å². The van der Waals surface area contributed by atoms with E-state index >= 15 is 0 Å². The molecule has 4 saturated carbocycles. The molecule has 0 amide bonds. The van der Waals surface area contributed by atoms with Crippen LogP contribution in [0.15, 0.2) is 66.9 Å². The van der Waals surface area contributed by atoms with E-state index in [0.29, 0.717) is 13.2 Å². The number of hydrogen-bond acceptors (Lipinski definition) is 5. The van der Waals surface area contributed by atoms with Crippen LogP contribution in [-0.4, -0.2) is 55.2 Å². The minimum Gasteiger partial charge on any atom is -0.405 e. The lowest BCUT2D eigenvalue weighted by atomic mass is 9.48. The van der Waals surface area contributed by atoms with Gasteiger partial charge in [-0.05, 0) is 106 Å². The van der Waals surface area contributed by atoms with Gasteiger partial charge in [0.2, 0.25) is 0 Å². The first-order valence-corrected chi connectivity index (χ1v) is 19.8. The number of hydrogen-bond donors (Lipinski definition) is 0. The van der Waals surface area contributed by atoms with E-state index in [-0.39, 0.29) is 34.4 Å². The number of benzene rings is 2. The van der Waals surface area contributed by atoms with E-state index < -0.39 is 8.32 Å². The molecule has 0 N–H and O–H groups in total. The van der Waals surface area contributed by atoms with Crippen LogP contribution in [0.3, 0.4) is 0 Å². The van der Waals surface area contributed by atoms with Gasteiger partial charge in [-0.2, -0.15) is 5.10 Å². The van der Waals surface area contributed by atoms with Gasteiger partial charge in [0.1, 0.15) is 0 Å². The first kappa shape index (κ1) is 33.3. The van der Waals surface area contributed by atoms with E-state index in [2.05, 4.69) is 121 Å². The van der Waals surface area contributed by atoms with Crippen LogP contribution in [-0.2, 0) is 25.0 Å². The molecule has 0 spiro atoms. The Morgan fingerprint density at radius 3 is 1.94 bits per heavy atom. The van der Waals surface area contributed by atoms with Crippen molar-refractivity contribution in [2.45, 2.75) is 122 Å². The summed E-state index contributed by atoms with van der Waals surface area (Å²) in [5, 5.41) is 7.54. The van der Waals surface area contributed by atoms with Crippen molar-refractivity contribution in [3.8, 4) is 0 Å². The number of rotatable bonds is 10. The third-order valence-electron chi connectivity index (χ3n) is 12.5. The SMILES string of the molecule is Cc1c(B2OC(C)(C)C(C)(C)O2)cnn1CC12CC3CC(C1)CC(OCCO[Si](c1ccccc1)(c1ccccc1)C(C)(C)C)(C3)C2. The lowest BCUT2D eigenvalue weighted by molar-refractivity contribution is -0.199. The van der Waals surface area contributed by atoms with Crippen LogP contribution < -0.4 is 15.8 Å². The van der Waals surface area contributed by atoms with E-state index in [1.165, 1.54) is 42.5 Å². The Labute approximate surface area is 284 Å². The molecule has 2 atom stereocenters. The zero-order valence-electron chi connectivity index (χ0n) is 30.0. The highest BCUT2D eigenvalue weighted by Gasteiger charge is 2.59. The van der Waals surface area contributed by atoms with E-state index in [1.807, 2.05) is 6.20 Å². The van der Waals surface area contributed by atoms with Crippen LogP contribution >= 0.6 is 0 Å². The summed E-state index contributed by atoms with van der Waals surface area (Å²) in [6, 6.07) is 21.9. The highest BCUT2D eigenvalue weighted by Crippen LogP contribution is 2.63. The molecule has 8 rings (SSSR count). The van der Waals surface area contributed by atoms with Crippen LogP contribution in [0.4, 0.5) is 0 Å². The summed E-state index contributed by atoms with van der Waals surface area (Å²) in [5.41, 5.74) is 1.64. The third-order valence-corrected chi connectivity index (χ3v) is 17.5. The second-order valence-corrected chi connectivity index (χ2v) is 21.7. The van der Waals surface area contributed by atoms with E-state index in [1.54, 1.807) is 0 Å². The maximum atomic E-state index is 7.22. The Kier molecular flexibility index (Phi) is 8.28. The normalized spacial score (nSPS) is 29.5. The number of aromatic nitrogens is 2. The smallest absolute Gasteiger partial charge is 0.405 e. The molecule has 5 aliphatic rings. The summed E-state index contributed by atoms with van der Waals surface area (Å²) in [5.74, 6) is 1.46. The summed E-state index contributed by atoms with van der Waals surface area (Å²) in [7, 11) is -2.97. The standard InChI is InChI=1S/C39H55BN2O4Si/c1-29-34(40-45-36(5,6)37(7,8)46-40)26-41-42(29)28-38-22-30-21-31(23-38)25-39(24-30,27-38)43-19-20-44-47(35(2,3)4,32-15-11-9-12-16-32)33-17-13-10-14-18-33/h9-18,26,30-31H,19-25,27-28H2,1-8H3. The average molecular weight is 655 g/mol. The highest BCUT2D eigenvalue weighted by molar-refractivity contribution is 6.99. The quantitative estimate of drug-likeness (QED) is 0.187. The molecular weight excluding hydrogens is 599 g/mol. The van der Waals surface area contributed by atoms with Crippen molar-refractivity contribution in [2.75, 3.05) is 13.2 Å². The van der Waals surface area contributed by atoms with Crippen molar-refractivity contribution in [2.24, 2.45) is 17.3 Å². The molecular formula is C39H55BN2O4Si. The molecule has 2 heterocycles. The second kappa shape index (κ2) is 11.7. The molecule has 5 fully saturated rings. The van der Waals surface area contributed by atoms with Gasteiger partial charge in [-0.25, -0.2) is 0 Å². The predicted octanol–water partition coefficient (Wildman–Crippen LogP) is 6.42. The zero-order chi connectivity index (χ0) is 33.3. The Morgan fingerprint density at radius 2 is 1.40 bits per heavy atom. The van der Waals surface area contributed by atoms with Gasteiger partial charge in [-0.15, -0.1) is 0 Å². The van der Waals surface area contributed by atoms with E-state index in [4.69, 9.17) is 23.6 Å². The molecule has 0 radical (unpaired) electrons. The van der Waals surface area contributed by atoms with Crippen molar-refractivity contribution in [1.29, 1.82) is 0 Å². The van der Waals surface area contributed by atoms with Gasteiger partial charge >= 0.3 is 7.12 Å². The summed E-state index contributed by atoms with van der Waals surface area (Å²) in [6.07, 6.45) is 9.35. The molecule has 252 valence electrons. The monoisotopic (exact) mass is 654 g/mol. The molecule has 1 aromatic heterocycles. The summed E-state index contributed by atoms with van der Waals surface area (Å²) in [6.45, 7) is 19.8. The summed E-state index contributed by atoms with van der Waals surface area (Å²) < 4.78 is 29.4. The first-order valence-electron chi connectivity index (χ1n) is 17.9. The summed E-state index contributed by atoms with van der Waals surface area (Å²) in [4.78, 5) is 0. The molecule has 2 aromatic carbocycles. The van der Waals surface area contributed by atoms with Gasteiger partial charge in [-0.1, -0.05) is 81.4 Å². The largest absolute Gasteiger partial charge is 0.498 e. The first-order chi connectivity index (χ1) is 22.2. The lowest BCUT2D eigenvalue weighted by Crippen LogP contribution is -2.67. The fourth-order valence-electron chi connectivity index (χ4n) is 10.1. The fraction of sp³-hybridized carbons (Fsp3) is 0.615. The van der Waals surface area contributed by atoms with Crippen molar-refractivity contribution >= 4 is 31.3 Å². The number of nitrogens with zero attached hydrogens (tertiary/aromatic N) is 2. The van der Waals surface area contributed by atoms with Crippen molar-refractivity contribution in [1.82, 2.24) is 9.78 Å². The molecule has 4 bridgehead atoms. The van der Waals surface area contributed by atoms with E-state index in [0.717, 1.165) is 36.0 Å². The van der Waals surface area contributed by atoms with Crippen LogP contribution in [0.25, 0.3) is 0 Å². The van der Waals surface area contributed by atoms with Crippen LogP contribution in [0, 0.1) is 24.2 Å². The Morgan fingerprint density at radius 1 is 0.851 bits per heavy atom. The third kappa shape index (κ3) is 5.80. The van der Waals surface area contributed by atoms with Crippen LogP contribution in [0.2, 0.25) is 5.04 Å². The Hall–Kier alpha value is -2.23. The molecule has 47 heavy (non-hydrogen) atoms. The lowest BCUT2D eigenvalue weighted by Gasteiger charge is -2.61. The molecule has 1 aliphatic heterocycles. The van der Waals surface area contributed by atoms with Crippen LogP contribution in [0.1, 0.15) is 92.7 Å². The average Bonchev–Trinajstić information content (AvgIpc) is 3.45. The molecule has 3 aromatic rings. The van der Waals surface area contributed by atoms with Gasteiger partial charge < -0.3 is 18.5 Å². The minimum absolute atomic E-state index is 0.0407. The minimum atomic E-state index is -2.59. The van der Waals surface area contributed by atoms with Gasteiger partial charge in [-0.3, -0.25) is 4.68 Å².